The summed E-state index contributed by atoms with van der Waals surface area (Å²) in [7, 11) is 0. The summed E-state index contributed by atoms with van der Waals surface area (Å²) in [4.78, 5) is 14.8. The van der Waals surface area contributed by atoms with Crippen LogP contribution >= 0.6 is 0 Å². The van der Waals surface area contributed by atoms with E-state index in [0.29, 0.717) is 11.0 Å². The molecule has 0 fully saturated rings. The van der Waals surface area contributed by atoms with Crippen LogP contribution in [0.3, 0.4) is 0 Å². The Hall–Kier alpha value is -3.86. The zero-order chi connectivity index (χ0) is 25.6. The number of halogens is 3. The van der Waals surface area contributed by atoms with Crippen LogP contribution in [0, 0.1) is 6.92 Å². The highest BCUT2D eigenvalue weighted by molar-refractivity contribution is 5.82. The molecular formula is C25H24F3N5O3. The highest BCUT2D eigenvalue weighted by atomic mass is 19.4. The number of nitrogens with zero attached hydrogens (tertiary/aromatic N) is 4. The maximum Gasteiger partial charge on any atom is 0.451 e. The van der Waals surface area contributed by atoms with E-state index in [9.17, 15) is 23.1 Å². The van der Waals surface area contributed by atoms with Crippen molar-refractivity contribution >= 4 is 22.5 Å². The lowest BCUT2D eigenvalue weighted by atomic mass is 10.0. The molecule has 11 heteroatoms. The van der Waals surface area contributed by atoms with Gasteiger partial charge in [0.1, 0.15) is 5.58 Å². The predicted octanol–water partition coefficient (Wildman–Crippen LogP) is 4.40. The number of aliphatic hydroxyl groups excluding tert-OH is 1. The molecule has 2 aromatic carbocycles. The molecule has 2 aromatic heterocycles. The number of aliphatic hydroxyl groups is 1. The van der Waals surface area contributed by atoms with Gasteiger partial charge in [0.05, 0.1) is 24.6 Å². The molecule has 0 saturated carbocycles. The molecule has 4 aromatic rings. The average Bonchev–Trinajstić information content (AvgIpc) is 3.28. The van der Waals surface area contributed by atoms with Crippen molar-refractivity contribution in [3.8, 4) is 0 Å². The van der Waals surface area contributed by atoms with Crippen molar-refractivity contribution in [1.82, 2.24) is 14.8 Å². The number of fused-ring (bicyclic) bond motifs is 2. The molecule has 1 atom stereocenters. The zero-order valence-corrected chi connectivity index (χ0v) is 19.6. The zero-order valence-electron chi connectivity index (χ0n) is 19.6. The number of rotatable bonds is 5. The number of para-hydroxylation sites is 1. The Morgan fingerprint density at radius 3 is 2.69 bits per heavy atom. The number of benzene rings is 2. The second kappa shape index (κ2) is 8.98. The molecule has 5 rings (SSSR count). The minimum absolute atomic E-state index is 0.00951. The molecule has 188 valence electrons. The van der Waals surface area contributed by atoms with E-state index >= 15 is 0 Å². The van der Waals surface area contributed by atoms with Gasteiger partial charge in [-0.3, -0.25) is 4.79 Å². The predicted molar refractivity (Wildman–Crippen MR) is 128 cm³/mol. The van der Waals surface area contributed by atoms with Crippen molar-refractivity contribution in [3.63, 3.8) is 0 Å². The smallest absolute Gasteiger partial charge is 0.440 e. The van der Waals surface area contributed by atoms with Crippen LogP contribution < -0.4 is 15.6 Å². The van der Waals surface area contributed by atoms with Crippen molar-refractivity contribution in [2.45, 2.75) is 45.8 Å². The molecule has 0 spiro atoms. The van der Waals surface area contributed by atoms with E-state index in [2.05, 4.69) is 15.5 Å². The van der Waals surface area contributed by atoms with Crippen LogP contribution in [-0.4, -0.2) is 26.4 Å². The van der Waals surface area contributed by atoms with Gasteiger partial charge in [-0.05, 0) is 31.5 Å². The number of alkyl halides is 3. The Kier molecular flexibility index (Phi) is 5.95. The van der Waals surface area contributed by atoms with Crippen LogP contribution in [0.25, 0.3) is 11.0 Å². The molecule has 0 radical (unpaired) electrons. The average molecular weight is 499 g/mol. The second-order valence-electron chi connectivity index (χ2n) is 8.87. The first-order chi connectivity index (χ1) is 17.2. The number of hydrogen-bond acceptors (Lipinski definition) is 7. The summed E-state index contributed by atoms with van der Waals surface area (Å²) in [6.45, 7) is 3.92. The molecule has 0 amide bonds. The number of aryl methyl sites for hydroxylation is 1. The fraction of sp³-hybridized carbons (Fsp3) is 0.320. The van der Waals surface area contributed by atoms with Gasteiger partial charge in [0.15, 0.2) is 17.1 Å². The summed E-state index contributed by atoms with van der Waals surface area (Å²) in [5, 5.41) is 20.5. The van der Waals surface area contributed by atoms with Crippen LogP contribution in [0.2, 0.25) is 0 Å². The topological polar surface area (TPSA) is 96.4 Å². The van der Waals surface area contributed by atoms with Crippen molar-refractivity contribution < 1.29 is 22.7 Å². The molecule has 2 N–H and O–H groups in total. The lowest BCUT2D eigenvalue weighted by molar-refractivity contribution is -0.147. The van der Waals surface area contributed by atoms with Gasteiger partial charge in [0, 0.05) is 36.0 Å². The third-order valence-electron chi connectivity index (χ3n) is 6.33. The van der Waals surface area contributed by atoms with Gasteiger partial charge in [-0.2, -0.15) is 13.2 Å². The summed E-state index contributed by atoms with van der Waals surface area (Å²) < 4.78 is 46.9. The largest absolute Gasteiger partial charge is 0.451 e. The summed E-state index contributed by atoms with van der Waals surface area (Å²) in [5.74, 6) is -0.627. The lowest BCUT2D eigenvalue weighted by Gasteiger charge is -2.28. The van der Waals surface area contributed by atoms with E-state index in [1.807, 2.05) is 44.2 Å². The molecule has 1 unspecified atom stereocenters. The number of anilines is 2. The molecular weight excluding hydrogens is 475 g/mol. The molecule has 0 saturated heterocycles. The minimum atomic E-state index is -4.59. The first-order valence-electron chi connectivity index (χ1n) is 11.4. The molecule has 1 aliphatic rings. The molecule has 0 bridgehead atoms. The van der Waals surface area contributed by atoms with E-state index in [4.69, 9.17) is 4.42 Å². The van der Waals surface area contributed by atoms with Gasteiger partial charge in [0.25, 0.3) is 0 Å². The van der Waals surface area contributed by atoms with Gasteiger partial charge < -0.3 is 24.3 Å². The standard InChI is InChI=1S/C25H24F3N5O3/c1-14-9-17(15(2)29-19-6-4-3-5-16(19)13-34)23-18(10-14)20(35)11-22(36-23)32-7-8-33-21(12-32)30-31-24(33)25(26,27)28/h3-6,9-11,15,29,34H,7-8,12-13H2,1-2H3. The van der Waals surface area contributed by atoms with Gasteiger partial charge in [0.2, 0.25) is 5.82 Å². The highest BCUT2D eigenvalue weighted by Crippen LogP contribution is 2.33. The quantitative estimate of drug-likeness (QED) is 0.420. The molecule has 3 heterocycles. The third kappa shape index (κ3) is 4.30. The van der Waals surface area contributed by atoms with E-state index in [1.165, 1.54) is 6.07 Å². The van der Waals surface area contributed by atoms with Gasteiger partial charge >= 0.3 is 6.18 Å². The summed E-state index contributed by atoms with van der Waals surface area (Å²) in [6.07, 6.45) is -4.59. The normalized spacial score (nSPS) is 14.7. The first kappa shape index (κ1) is 23.9. The first-order valence-corrected chi connectivity index (χ1v) is 11.4. The van der Waals surface area contributed by atoms with Crippen LogP contribution in [0.4, 0.5) is 24.7 Å². The Morgan fingerprint density at radius 2 is 1.94 bits per heavy atom. The summed E-state index contributed by atoms with van der Waals surface area (Å²) >= 11 is 0. The van der Waals surface area contributed by atoms with E-state index < -0.39 is 12.0 Å². The Labute approximate surface area is 204 Å². The Bertz CT molecular complexity index is 1490. The van der Waals surface area contributed by atoms with Crippen molar-refractivity contribution in [2.24, 2.45) is 0 Å². The molecule has 0 aliphatic carbocycles. The van der Waals surface area contributed by atoms with Gasteiger partial charge in [-0.1, -0.05) is 24.3 Å². The van der Waals surface area contributed by atoms with Gasteiger partial charge in [-0.25, -0.2) is 0 Å². The van der Waals surface area contributed by atoms with Crippen molar-refractivity contribution in [1.29, 1.82) is 0 Å². The van der Waals surface area contributed by atoms with Crippen LogP contribution in [0.5, 0.6) is 0 Å². The second-order valence-corrected chi connectivity index (χ2v) is 8.87. The van der Waals surface area contributed by atoms with E-state index in [1.54, 1.807) is 11.0 Å². The fourth-order valence-electron chi connectivity index (χ4n) is 4.57. The Balaban J connectivity index is 1.52. The number of nitrogens with one attached hydrogen (secondary N) is 1. The van der Waals surface area contributed by atoms with Gasteiger partial charge in [-0.15, -0.1) is 10.2 Å². The SMILES string of the molecule is Cc1cc(C(C)Nc2ccccc2CO)c2oc(N3CCn4c(nnc4C(F)(F)F)C3)cc(=O)c2c1. The fourth-order valence-corrected chi connectivity index (χ4v) is 4.57. The van der Waals surface area contributed by atoms with Crippen LogP contribution in [-0.2, 0) is 25.9 Å². The molecule has 8 nitrogen and oxygen atoms in total. The number of hydrogen-bond donors (Lipinski definition) is 2. The van der Waals surface area contributed by atoms with Crippen molar-refractivity contribution in [3.05, 3.63) is 81.0 Å². The monoisotopic (exact) mass is 499 g/mol. The number of aromatic nitrogens is 3. The lowest BCUT2D eigenvalue weighted by Crippen LogP contribution is -2.35. The third-order valence-corrected chi connectivity index (χ3v) is 6.33. The highest BCUT2D eigenvalue weighted by Gasteiger charge is 2.39. The maximum absolute atomic E-state index is 13.2. The summed E-state index contributed by atoms with van der Waals surface area (Å²) in [6, 6.07) is 12.1. The summed E-state index contributed by atoms with van der Waals surface area (Å²) in [5.41, 5.74) is 3.27. The van der Waals surface area contributed by atoms with E-state index in [-0.39, 0.29) is 49.4 Å². The van der Waals surface area contributed by atoms with Crippen LogP contribution in [0.15, 0.2) is 51.7 Å². The molecule has 36 heavy (non-hydrogen) atoms. The van der Waals surface area contributed by atoms with E-state index in [0.717, 1.165) is 26.9 Å². The van der Waals surface area contributed by atoms with Crippen LogP contribution in [0.1, 0.15) is 41.3 Å². The molecule has 1 aliphatic heterocycles. The Morgan fingerprint density at radius 1 is 1.17 bits per heavy atom. The van der Waals surface area contributed by atoms with Crippen molar-refractivity contribution in [2.75, 3.05) is 16.8 Å². The minimum Gasteiger partial charge on any atom is -0.440 e. The maximum atomic E-state index is 13.2.